The van der Waals surface area contributed by atoms with Crippen molar-refractivity contribution in [3.05, 3.63) is 70.5 Å². The van der Waals surface area contributed by atoms with Crippen molar-refractivity contribution in [2.24, 2.45) is 0 Å². The third-order valence-electron chi connectivity index (χ3n) is 4.36. The van der Waals surface area contributed by atoms with Gasteiger partial charge in [0.15, 0.2) is 5.16 Å². The molecule has 0 atom stereocenters. The molecule has 2 aromatic carbocycles. The summed E-state index contributed by atoms with van der Waals surface area (Å²) >= 11 is 1.76. The lowest BCUT2D eigenvalue weighted by Crippen LogP contribution is -2.03. The summed E-state index contributed by atoms with van der Waals surface area (Å²) in [6, 6.07) is 15.3. The Kier molecular flexibility index (Phi) is 6.15. The maximum atomic E-state index is 4.51. The summed E-state index contributed by atoms with van der Waals surface area (Å²) in [6.45, 7) is 8.64. The van der Waals surface area contributed by atoms with Crippen molar-refractivity contribution in [3.8, 4) is 5.69 Å². The van der Waals surface area contributed by atoms with Crippen molar-refractivity contribution in [2.75, 3.05) is 0 Å². The zero-order chi connectivity index (χ0) is 18.5. The largest absolute Gasteiger partial charge is 0.274 e. The maximum absolute atomic E-state index is 4.51. The van der Waals surface area contributed by atoms with Crippen molar-refractivity contribution in [1.29, 1.82) is 0 Å². The topological polar surface area (TPSA) is 30.7 Å². The van der Waals surface area contributed by atoms with Crippen LogP contribution in [0.1, 0.15) is 47.8 Å². The van der Waals surface area contributed by atoms with Crippen LogP contribution in [0.2, 0.25) is 0 Å². The summed E-state index contributed by atoms with van der Waals surface area (Å²) in [5.41, 5.74) is 6.36. The van der Waals surface area contributed by atoms with Crippen LogP contribution in [0.15, 0.2) is 47.6 Å². The van der Waals surface area contributed by atoms with E-state index >= 15 is 0 Å². The van der Waals surface area contributed by atoms with E-state index < -0.39 is 0 Å². The lowest BCUT2D eigenvalue weighted by molar-refractivity contribution is 0.727. The number of benzene rings is 2. The molecule has 0 bridgehead atoms. The summed E-state index contributed by atoms with van der Waals surface area (Å²) in [7, 11) is 0. The Morgan fingerprint density at radius 2 is 1.69 bits per heavy atom. The molecule has 0 aliphatic rings. The standard InChI is InChI=1S/C22H27N3S/c1-5-6-10-21-23-24-22(25(21)20-9-7-8-16(2)14-20)26-15-19-12-17(3)11-18(4)13-19/h7-9,11-14H,5-6,10,15H2,1-4H3. The van der Waals surface area contributed by atoms with E-state index in [1.165, 1.54) is 22.3 Å². The quantitative estimate of drug-likeness (QED) is 0.494. The molecular formula is C22H27N3S. The zero-order valence-electron chi connectivity index (χ0n) is 16.1. The van der Waals surface area contributed by atoms with Gasteiger partial charge in [0.1, 0.15) is 5.82 Å². The molecular weight excluding hydrogens is 338 g/mol. The van der Waals surface area contributed by atoms with Crippen LogP contribution in [0.3, 0.4) is 0 Å². The van der Waals surface area contributed by atoms with Crippen molar-refractivity contribution in [1.82, 2.24) is 14.8 Å². The van der Waals surface area contributed by atoms with Gasteiger partial charge < -0.3 is 0 Å². The Morgan fingerprint density at radius 3 is 2.38 bits per heavy atom. The summed E-state index contributed by atoms with van der Waals surface area (Å²) in [6.07, 6.45) is 3.25. The smallest absolute Gasteiger partial charge is 0.196 e. The first-order valence-corrected chi connectivity index (χ1v) is 10.3. The average Bonchev–Trinajstić information content (AvgIpc) is 3.00. The van der Waals surface area contributed by atoms with Gasteiger partial charge in [-0.1, -0.05) is 66.6 Å². The number of thioether (sulfide) groups is 1. The zero-order valence-corrected chi connectivity index (χ0v) is 16.9. The maximum Gasteiger partial charge on any atom is 0.196 e. The number of rotatable bonds is 7. The minimum absolute atomic E-state index is 0.903. The molecule has 0 unspecified atom stereocenters. The molecule has 26 heavy (non-hydrogen) atoms. The van der Waals surface area contributed by atoms with Crippen molar-refractivity contribution in [2.45, 2.75) is 57.9 Å². The van der Waals surface area contributed by atoms with Gasteiger partial charge in [-0.15, -0.1) is 10.2 Å². The van der Waals surface area contributed by atoms with Crippen LogP contribution in [0.25, 0.3) is 5.69 Å². The van der Waals surface area contributed by atoms with Gasteiger partial charge in [-0.25, -0.2) is 0 Å². The first kappa shape index (κ1) is 18.7. The van der Waals surface area contributed by atoms with Crippen molar-refractivity contribution >= 4 is 11.8 Å². The minimum atomic E-state index is 0.903. The van der Waals surface area contributed by atoms with Gasteiger partial charge >= 0.3 is 0 Å². The predicted molar refractivity (Wildman–Crippen MR) is 110 cm³/mol. The van der Waals surface area contributed by atoms with Crippen molar-refractivity contribution in [3.63, 3.8) is 0 Å². The van der Waals surface area contributed by atoms with Gasteiger partial charge in [-0.2, -0.15) is 0 Å². The van der Waals surface area contributed by atoms with Gasteiger partial charge in [0.25, 0.3) is 0 Å². The summed E-state index contributed by atoms with van der Waals surface area (Å²) in [5.74, 6) is 1.96. The molecule has 0 N–H and O–H groups in total. The van der Waals surface area contributed by atoms with Crippen LogP contribution in [0, 0.1) is 20.8 Å². The Bertz CT molecular complexity index is 863. The van der Waals surface area contributed by atoms with E-state index in [4.69, 9.17) is 0 Å². The van der Waals surface area contributed by atoms with Crippen LogP contribution in [0.4, 0.5) is 0 Å². The first-order chi connectivity index (χ1) is 12.6. The fraction of sp³-hybridized carbons (Fsp3) is 0.364. The van der Waals surface area contributed by atoms with E-state index in [-0.39, 0.29) is 0 Å². The van der Waals surface area contributed by atoms with E-state index in [0.717, 1.165) is 41.7 Å². The molecule has 1 aromatic heterocycles. The SMILES string of the molecule is CCCCc1nnc(SCc2cc(C)cc(C)c2)n1-c1cccc(C)c1. The fourth-order valence-electron chi connectivity index (χ4n) is 3.22. The van der Waals surface area contributed by atoms with Crippen LogP contribution in [-0.2, 0) is 12.2 Å². The molecule has 3 nitrogen and oxygen atoms in total. The van der Waals surface area contributed by atoms with Gasteiger partial charge in [0.2, 0.25) is 0 Å². The molecule has 0 aliphatic carbocycles. The second-order valence-corrected chi connectivity index (χ2v) is 7.90. The highest BCUT2D eigenvalue weighted by molar-refractivity contribution is 7.98. The molecule has 0 aliphatic heterocycles. The highest BCUT2D eigenvalue weighted by atomic mass is 32.2. The number of hydrogen-bond donors (Lipinski definition) is 0. The van der Waals surface area contributed by atoms with Crippen LogP contribution < -0.4 is 0 Å². The van der Waals surface area contributed by atoms with E-state index in [1.54, 1.807) is 11.8 Å². The van der Waals surface area contributed by atoms with Gasteiger partial charge in [-0.3, -0.25) is 4.57 Å². The Hall–Kier alpha value is -2.07. The van der Waals surface area contributed by atoms with E-state index in [9.17, 15) is 0 Å². The normalized spacial score (nSPS) is 11.1. The molecule has 3 rings (SSSR count). The number of aryl methyl sites for hydroxylation is 4. The van der Waals surface area contributed by atoms with E-state index in [1.807, 2.05) is 0 Å². The molecule has 0 radical (unpaired) electrons. The number of aromatic nitrogens is 3. The third kappa shape index (κ3) is 4.55. The minimum Gasteiger partial charge on any atom is -0.274 e. The summed E-state index contributed by atoms with van der Waals surface area (Å²) in [4.78, 5) is 0. The number of nitrogens with zero attached hydrogens (tertiary/aromatic N) is 3. The molecule has 0 spiro atoms. The second-order valence-electron chi connectivity index (χ2n) is 6.96. The second kappa shape index (κ2) is 8.54. The van der Waals surface area contributed by atoms with E-state index in [2.05, 4.69) is 84.9 Å². The molecule has 1 heterocycles. The Morgan fingerprint density at radius 1 is 0.923 bits per heavy atom. The molecule has 0 amide bonds. The monoisotopic (exact) mass is 365 g/mol. The van der Waals surface area contributed by atoms with Crippen LogP contribution >= 0.6 is 11.8 Å². The summed E-state index contributed by atoms with van der Waals surface area (Å²) in [5, 5.41) is 9.98. The van der Waals surface area contributed by atoms with Gasteiger partial charge in [0.05, 0.1) is 0 Å². The number of unbranched alkanes of at least 4 members (excludes halogenated alkanes) is 1. The molecule has 0 saturated heterocycles. The number of hydrogen-bond acceptors (Lipinski definition) is 3. The molecule has 0 saturated carbocycles. The molecule has 0 fully saturated rings. The average molecular weight is 366 g/mol. The highest BCUT2D eigenvalue weighted by Gasteiger charge is 2.14. The predicted octanol–water partition coefficient (Wildman–Crippen LogP) is 5.83. The van der Waals surface area contributed by atoms with Gasteiger partial charge in [-0.05, 0) is 50.5 Å². The lowest BCUT2D eigenvalue weighted by atomic mass is 10.1. The fourth-order valence-corrected chi connectivity index (χ4v) is 4.12. The first-order valence-electron chi connectivity index (χ1n) is 9.28. The highest BCUT2D eigenvalue weighted by Crippen LogP contribution is 2.27. The Labute approximate surface area is 160 Å². The Balaban J connectivity index is 1.89. The molecule has 136 valence electrons. The lowest BCUT2D eigenvalue weighted by Gasteiger charge is -2.11. The molecule has 4 heteroatoms. The van der Waals surface area contributed by atoms with Crippen LogP contribution in [-0.4, -0.2) is 14.8 Å². The van der Waals surface area contributed by atoms with Crippen LogP contribution in [0.5, 0.6) is 0 Å². The van der Waals surface area contributed by atoms with Gasteiger partial charge in [0, 0.05) is 17.9 Å². The van der Waals surface area contributed by atoms with Crippen molar-refractivity contribution < 1.29 is 0 Å². The molecule has 3 aromatic rings. The third-order valence-corrected chi connectivity index (χ3v) is 5.36. The van der Waals surface area contributed by atoms with E-state index in [0.29, 0.717) is 0 Å². The summed E-state index contributed by atoms with van der Waals surface area (Å²) < 4.78 is 2.23.